The Morgan fingerprint density at radius 3 is 2.62 bits per heavy atom. The van der Waals surface area contributed by atoms with E-state index >= 15 is 0 Å². The average Bonchev–Trinajstić information content (AvgIpc) is 3.52. The zero-order valence-electron chi connectivity index (χ0n) is 17.4. The summed E-state index contributed by atoms with van der Waals surface area (Å²) in [5.74, 6) is 0.0143. The van der Waals surface area contributed by atoms with Gasteiger partial charge in [-0.05, 0) is 61.7 Å². The Kier molecular flexibility index (Phi) is 7.41. The van der Waals surface area contributed by atoms with Crippen molar-refractivity contribution >= 4 is 52.0 Å². The number of rotatable bonds is 9. The summed E-state index contributed by atoms with van der Waals surface area (Å²) >= 11 is 7.10. The molecule has 0 bridgehead atoms. The van der Waals surface area contributed by atoms with Crippen LogP contribution in [0.5, 0.6) is 0 Å². The standard InChI is InChI=1S/C22H25ClN4O4S/c23-19-8-7-18(32-19)22(30)25-12-17(24-11-14-1-2-14)21(29)26-15-3-5-16(6-4-15)27-9-10-31-13-20(27)28/h3-8,14,17,24H,1-2,9-13H2,(H,25,30)(H,26,29)/t17-/m0/s1. The predicted octanol–water partition coefficient (Wildman–Crippen LogP) is 2.50. The van der Waals surface area contributed by atoms with Gasteiger partial charge in [0.05, 0.1) is 15.8 Å². The largest absolute Gasteiger partial charge is 0.370 e. The number of hydrogen-bond acceptors (Lipinski definition) is 6. The van der Waals surface area contributed by atoms with Crippen LogP contribution in [0.4, 0.5) is 11.4 Å². The Morgan fingerprint density at radius 2 is 1.97 bits per heavy atom. The molecule has 1 saturated heterocycles. The second-order valence-corrected chi connectivity index (χ2v) is 9.57. The number of benzene rings is 1. The SMILES string of the molecule is O=C(NC[C@H](NCC1CC1)C(=O)Nc1ccc(N2CCOCC2=O)cc1)c1ccc(Cl)s1. The van der Waals surface area contributed by atoms with Gasteiger partial charge >= 0.3 is 0 Å². The van der Waals surface area contributed by atoms with Crippen molar-refractivity contribution in [2.75, 3.05) is 43.1 Å². The van der Waals surface area contributed by atoms with Crippen LogP contribution in [0.2, 0.25) is 4.34 Å². The summed E-state index contributed by atoms with van der Waals surface area (Å²) in [4.78, 5) is 39.4. The highest BCUT2D eigenvalue weighted by Crippen LogP contribution is 2.28. The van der Waals surface area contributed by atoms with Crippen LogP contribution >= 0.6 is 22.9 Å². The molecular weight excluding hydrogens is 452 g/mol. The minimum absolute atomic E-state index is 0.0796. The third kappa shape index (κ3) is 6.07. The van der Waals surface area contributed by atoms with Crippen molar-refractivity contribution < 1.29 is 19.1 Å². The molecule has 4 rings (SSSR count). The summed E-state index contributed by atoms with van der Waals surface area (Å²) in [5, 5.41) is 8.98. The van der Waals surface area contributed by atoms with Crippen LogP contribution in [-0.4, -0.2) is 56.6 Å². The molecule has 0 unspecified atom stereocenters. The molecule has 10 heteroatoms. The third-order valence-corrected chi connectivity index (χ3v) is 6.59. The Labute approximate surface area is 195 Å². The predicted molar refractivity (Wildman–Crippen MR) is 124 cm³/mol. The van der Waals surface area contributed by atoms with Crippen LogP contribution in [0, 0.1) is 5.92 Å². The first-order chi connectivity index (χ1) is 15.5. The summed E-state index contributed by atoms with van der Waals surface area (Å²) in [6, 6.07) is 9.89. The summed E-state index contributed by atoms with van der Waals surface area (Å²) in [6.07, 6.45) is 2.31. The number of thiophene rings is 1. The molecule has 0 radical (unpaired) electrons. The van der Waals surface area contributed by atoms with E-state index in [-0.39, 0.29) is 30.9 Å². The van der Waals surface area contributed by atoms with Crippen LogP contribution in [0.1, 0.15) is 22.5 Å². The monoisotopic (exact) mass is 476 g/mol. The lowest BCUT2D eigenvalue weighted by atomic mass is 10.2. The molecule has 2 aromatic rings. The van der Waals surface area contributed by atoms with Gasteiger partial charge in [0.1, 0.15) is 12.6 Å². The summed E-state index contributed by atoms with van der Waals surface area (Å²) in [6.45, 7) is 1.98. The van der Waals surface area contributed by atoms with E-state index in [4.69, 9.17) is 16.3 Å². The lowest BCUT2D eigenvalue weighted by molar-refractivity contribution is -0.125. The van der Waals surface area contributed by atoms with Gasteiger partial charge in [0.2, 0.25) is 5.91 Å². The Hall–Kier alpha value is -2.46. The maximum Gasteiger partial charge on any atom is 0.261 e. The van der Waals surface area contributed by atoms with E-state index in [1.54, 1.807) is 41.3 Å². The van der Waals surface area contributed by atoms with E-state index in [2.05, 4.69) is 16.0 Å². The quantitative estimate of drug-likeness (QED) is 0.516. The number of halogens is 1. The first-order valence-electron chi connectivity index (χ1n) is 10.6. The van der Waals surface area contributed by atoms with Gasteiger partial charge in [0, 0.05) is 24.5 Å². The number of nitrogens with zero attached hydrogens (tertiary/aromatic N) is 1. The first kappa shape index (κ1) is 22.7. The van der Waals surface area contributed by atoms with E-state index in [9.17, 15) is 14.4 Å². The molecule has 1 aliphatic carbocycles. The average molecular weight is 477 g/mol. The van der Waals surface area contributed by atoms with Crippen molar-refractivity contribution in [3.8, 4) is 0 Å². The molecule has 1 saturated carbocycles. The van der Waals surface area contributed by atoms with Crippen molar-refractivity contribution in [1.82, 2.24) is 10.6 Å². The minimum Gasteiger partial charge on any atom is -0.370 e. The Morgan fingerprint density at radius 1 is 1.19 bits per heavy atom. The van der Waals surface area contributed by atoms with Crippen molar-refractivity contribution in [3.05, 3.63) is 45.6 Å². The van der Waals surface area contributed by atoms with Gasteiger partial charge in [-0.2, -0.15) is 0 Å². The van der Waals surface area contributed by atoms with Gasteiger partial charge in [-0.3, -0.25) is 14.4 Å². The second kappa shape index (κ2) is 10.4. The smallest absolute Gasteiger partial charge is 0.261 e. The number of ether oxygens (including phenoxy) is 1. The van der Waals surface area contributed by atoms with Gasteiger partial charge in [-0.1, -0.05) is 11.6 Å². The molecule has 170 valence electrons. The molecule has 2 aliphatic rings. The van der Waals surface area contributed by atoms with Crippen LogP contribution in [0.25, 0.3) is 0 Å². The highest BCUT2D eigenvalue weighted by Gasteiger charge is 2.26. The van der Waals surface area contributed by atoms with E-state index in [1.165, 1.54) is 11.3 Å². The normalized spacial score (nSPS) is 17.2. The summed E-state index contributed by atoms with van der Waals surface area (Å²) < 4.78 is 5.70. The first-order valence-corrected chi connectivity index (χ1v) is 11.7. The van der Waals surface area contributed by atoms with Crippen LogP contribution in [-0.2, 0) is 14.3 Å². The van der Waals surface area contributed by atoms with Gasteiger partial charge < -0.3 is 25.6 Å². The maximum atomic E-state index is 12.9. The maximum absolute atomic E-state index is 12.9. The molecule has 3 N–H and O–H groups in total. The van der Waals surface area contributed by atoms with Gasteiger partial charge in [0.15, 0.2) is 0 Å². The molecule has 1 atom stereocenters. The lowest BCUT2D eigenvalue weighted by Crippen LogP contribution is -2.49. The minimum atomic E-state index is -0.574. The highest BCUT2D eigenvalue weighted by atomic mass is 35.5. The fraction of sp³-hybridized carbons (Fsp3) is 0.409. The number of amides is 3. The molecule has 2 heterocycles. The van der Waals surface area contributed by atoms with Gasteiger partial charge in [0.25, 0.3) is 11.8 Å². The fourth-order valence-electron chi connectivity index (χ4n) is 3.35. The van der Waals surface area contributed by atoms with Crippen molar-refractivity contribution in [3.63, 3.8) is 0 Å². The number of carbonyl (C=O) groups excluding carboxylic acids is 3. The number of carbonyl (C=O) groups is 3. The zero-order valence-corrected chi connectivity index (χ0v) is 19.0. The molecule has 0 spiro atoms. The topological polar surface area (TPSA) is 99.8 Å². The number of anilines is 2. The molecule has 1 aromatic heterocycles. The number of hydrogen-bond donors (Lipinski definition) is 3. The van der Waals surface area contributed by atoms with Crippen LogP contribution in [0.3, 0.4) is 0 Å². The Balaban J connectivity index is 1.35. The van der Waals surface area contributed by atoms with E-state index in [0.29, 0.717) is 34.0 Å². The molecule has 1 aromatic carbocycles. The van der Waals surface area contributed by atoms with Crippen LogP contribution < -0.4 is 20.9 Å². The van der Waals surface area contributed by atoms with Crippen LogP contribution in [0.15, 0.2) is 36.4 Å². The number of nitrogens with one attached hydrogen (secondary N) is 3. The zero-order chi connectivity index (χ0) is 22.5. The van der Waals surface area contributed by atoms with E-state index < -0.39 is 6.04 Å². The van der Waals surface area contributed by atoms with Gasteiger partial charge in [-0.15, -0.1) is 11.3 Å². The van der Waals surface area contributed by atoms with Crippen molar-refractivity contribution in [2.24, 2.45) is 5.92 Å². The molecule has 3 amide bonds. The molecular formula is C22H25ClN4O4S. The summed E-state index contributed by atoms with van der Waals surface area (Å²) in [7, 11) is 0. The summed E-state index contributed by atoms with van der Waals surface area (Å²) in [5.41, 5.74) is 1.38. The lowest BCUT2D eigenvalue weighted by Gasteiger charge is -2.27. The molecule has 32 heavy (non-hydrogen) atoms. The van der Waals surface area contributed by atoms with Gasteiger partial charge in [-0.25, -0.2) is 0 Å². The highest BCUT2D eigenvalue weighted by molar-refractivity contribution is 7.18. The molecule has 1 aliphatic heterocycles. The van der Waals surface area contributed by atoms with E-state index in [0.717, 1.165) is 25.1 Å². The van der Waals surface area contributed by atoms with Crippen molar-refractivity contribution in [1.29, 1.82) is 0 Å². The Bertz CT molecular complexity index is 977. The number of morpholine rings is 1. The second-order valence-electron chi connectivity index (χ2n) is 7.85. The van der Waals surface area contributed by atoms with Crippen molar-refractivity contribution in [2.45, 2.75) is 18.9 Å². The third-order valence-electron chi connectivity index (χ3n) is 5.36. The molecule has 8 nitrogen and oxygen atoms in total. The fourth-order valence-corrected chi connectivity index (χ4v) is 4.31. The van der Waals surface area contributed by atoms with E-state index in [1.807, 2.05) is 0 Å². The molecule has 2 fully saturated rings.